The fourth-order valence-corrected chi connectivity index (χ4v) is 2.94. The average Bonchev–Trinajstić information content (AvgIpc) is 3.07. The Morgan fingerprint density at radius 2 is 2.15 bits per heavy atom. The smallest absolute Gasteiger partial charge is 0.274 e. The molecule has 1 heterocycles. The lowest BCUT2D eigenvalue weighted by atomic mass is 10.2. The minimum Gasteiger partial charge on any atom is -0.357 e. The van der Waals surface area contributed by atoms with Crippen molar-refractivity contribution in [2.75, 3.05) is 19.6 Å². The first-order valence-electron chi connectivity index (χ1n) is 8.98. The minimum atomic E-state index is -0.391. The molecule has 8 nitrogen and oxygen atoms in total. The summed E-state index contributed by atoms with van der Waals surface area (Å²) in [4.78, 5) is 29.2. The van der Waals surface area contributed by atoms with Crippen LogP contribution in [0.5, 0.6) is 0 Å². The second kappa shape index (κ2) is 9.17. The van der Waals surface area contributed by atoms with Crippen LogP contribution in [0.25, 0.3) is 0 Å². The Kier molecular flexibility index (Phi) is 6.94. The van der Waals surface area contributed by atoms with Gasteiger partial charge < -0.3 is 15.5 Å². The number of guanidine groups is 1. The van der Waals surface area contributed by atoms with Crippen molar-refractivity contribution in [3.05, 3.63) is 39.9 Å². The van der Waals surface area contributed by atoms with Crippen LogP contribution >= 0.6 is 0 Å². The molecule has 0 aliphatic carbocycles. The molecule has 26 heavy (non-hydrogen) atoms. The topological polar surface area (TPSA) is 99.9 Å². The summed E-state index contributed by atoms with van der Waals surface area (Å²) in [6.45, 7) is 8.05. The number of nitro benzene ring substituents is 1. The maximum atomic E-state index is 12.1. The zero-order valence-electron chi connectivity index (χ0n) is 15.6. The van der Waals surface area contributed by atoms with E-state index in [9.17, 15) is 14.9 Å². The highest BCUT2D eigenvalue weighted by molar-refractivity contribution is 5.81. The van der Waals surface area contributed by atoms with Crippen molar-refractivity contribution >= 4 is 17.6 Å². The van der Waals surface area contributed by atoms with Gasteiger partial charge in [0.1, 0.15) is 0 Å². The maximum Gasteiger partial charge on any atom is 0.274 e. The van der Waals surface area contributed by atoms with Crippen LogP contribution in [0.2, 0.25) is 0 Å². The molecule has 1 amide bonds. The van der Waals surface area contributed by atoms with Crippen molar-refractivity contribution in [3.8, 4) is 0 Å². The van der Waals surface area contributed by atoms with Gasteiger partial charge in [-0.1, -0.05) is 32.0 Å². The number of para-hydroxylation sites is 1. The van der Waals surface area contributed by atoms with E-state index in [1.807, 2.05) is 25.7 Å². The minimum absolute atomic E-state index is 0.00529. The Bertz CT molecular complexity index is 675. The summed E-state index contributed by atoms with van der Waals surface area (Å²) in [5, 5.41) is 17.6. The summed E-state index contributed by atoms with van der Waals surface area (Å²) in [6, 6.07) is 6.74. The molecule has 1 aliphatic heterocycles. The van der Waals surface area contributed by atoms with Gasteiger partial charge in [-0.15, -0.1) is 0 Å². The fourth-order valence-electron chi connectivity index (χ4n) is 2.94. The molecule has 1 unspecified atom stereocenters. The molecule has 8 heteroatoms. The molecule has 0 aromatic heterocycles. The first kappa shape index (κ1) is 19.7. The Labute approximate surface area is 153 Å². The van der Waals surface area contributed by atoms with Crippen molar-refractivity contribution < 1.29 is 9.72 Å². The molecular weight excluding hydrogens is 334 g/mol. The van der Waals surface area contributed by atoms with Gasteiger partial charge in [-0.2, -0.15) is 0 Å². The number of nitrogens with zero attached hydrogens (tertiary/aromatic N) is 3. The highest BCUT2D eigenvalue weighted by atomic mass is 16.6. The molecule has 1 aliphatic rings. The van der Waals surface area contributed by atoms with Crippen molar-refractivity contribution in [2.45, 2.75) is 39.8 Å². The Morgan fingerprint density at radius 3 is 2.81 bits per heavy atom. The lowest BCUT2D eigenvalue weighted by Gasteiger charge is -2.20. The van der Waals surface area contributed by atoms with E-state index >= 15 is 0 Å². The summed E-state index contributed by atoms with van der Waals surface area (Å²) >= 11 is 0. The predicted octanol–water partition coefficient (Wildman–Crippen LogP) is 1.91. The number of hydrogen-bond acceptors (Lipinski definition) is 4. The van der Waals surface area contributed by atoms with Gasteiger partial charge in [0.05, 0.1) is 17.0 Å². The quantitative estimate of drug-likeness (QED) is 0.349. The van der Waals surface area contributed by atoms with E-state index in [1.165, 1.54) is 6.07 Å². The van der Waals surface area contributed by atoms with Crippen molar-refractivity contribution in [1.82, 2.24) is 15.5 Å². The predicted molar refractivity (Wildman–Crippen MR) is 101 cm³/mol. The highest BCUT2D eigenvalue weighted by Gasteiger charge is 2.28. The van der Waals surface area contributed by atoms with Crippen LogP contribution in [0.4, 0.5) is 5.69 Å². The number of likely N-dealkylation sites (tertiary alicyclic amines) is 1. The number of nitro groups is 1. The summed E-state index contributed by atoms with van der Waals surface area (Å²) in [5.74, 6) is 0.764. The molecule has 0 spiro atoms. The second-order valence-electron chi connectivity index (χ2n) is 6.65. The third kappa shape index (κ3) is 5.18. The number of aliphatic imine (C=N–C) groups is 1. The van der Waals surface area contributed by atoms with E-state index in [4.69, 9.17) is 0 Å². The molecule has 2 rings (SSSR count). The number of hydrogen-bond donors (Lipinski definition) is 2. The lowest BCUT2D eigenvalue weighted by molar-refractivity contribution is -0.385. The number of rotatable bonds is 6. The van der Waals surface area contributed by atoms with Gasteiger partial charge >= 0.3 is 0 Å². The van der Waals surface area contributed by atoms with Crippen molar-refractivity contribution in [2.24, 2.45) is 10.9 Å². The molecule has 1 atom stereocenters. The zero-order chi connectivity index (χ0) is 19.1. The monoisotopic (exact) mass is 361 g/mol. The number of carbonyl (C=O) groups excluding carboxylic acids is 1. The molecular formula is C18H27N5O3. The van der Waals surface area contributed by atoms with Gasteiger partial charge in [0.25, 0.3) is 5.69 Å². The molecule has 2 N–H and O–H groups in total. The third-order valence-corrected chi connectivity index (χ3v) is 4.27. The van der Waals surface area contributed by atoms with Crippen molar-refractivity contribution in [1.29, 1.82) is 0 Å². The molecule has 1 aromatic carbocycles. The fraction of sp³-hybridized carbons (Fsp3) is 0.556. The summed E-state index contributed by atoms with van der Waals surface area (Å²) in [6.07, 6.45) is 0.856. The molecule has 0 bridgehead atoms. The SMILES string of the molecule is CCNC(=NCc1ccccc1[N+](=O)[O-])NC1CCN(C(=O)C(C)C)C1. The highest BCUT2D eigenvalue weighted by Crippen LogP contribution is 2.18. The van der Waals surface area contributed by atoms with E-state index in [-0.39, 0.29) is 30.1 Å². The molecule has 0 saturated carbocycles. The Hall–Kier alpha value is -2.64. The van der Waals surface area contributed by atoms with Crippen LogP contribution in [0.3, 0.4) is 0 Å². The molecule has 1 aromatic rings. The Balaban J connectivity index is 2.02. The van der Waals surface area contributed by atoms with E-state index in [1.54, 1.807) is 18.2 Å². The van der Waals surface area contributed by atoms with E-state index in [0.29, 0.717) is 24.6 Å². The van der Waals surface area contributed by atoms with Gasteiger partial charge in [-0.3, -0.25) is 14.9 Å². The Morgan fingerprint density at radius 1 is 1.42 bits per heavy atom. The molecule has 1 fully saturated rings. The van der Waals surface area contributed by atoms with Crippen LogP contribution in [-0.2, 0) is 11.3 Å². The van der Waals surface area contributed by atoms with Gasteiger partial charge in [0.15, 0.2) is 5.96 Å². The number of benzene rings is 1. The van der Waals surface area contributed by atoms with E-state index in [2.05, 4.69) is 15.6 Å². The van der Waals surface area contributed by atoms with E-state index in [0.717, 1.165) is 13.0 Å². The van der Waals surface area contributed by atoms with Crippen LogP contribution in [0.15, 0.2) is 29.3 Å². The van der Waals surface area contributed by atoms with Crippen LogP contribution < -0.4 is 10.6 Å². The van der Waals surface area contributed by atoms with Crippen LogP contribution in [-0.4, -0.2) is 47.4 Å². The zero-order valence-corrected chi connectivity index (χ0v) is 15.6. The van der Waals surface area contributed by atoms with Gasteiger partial charge in [-0.25, -0.2) is 4.99 Å². The summed E-state index contributed by atoms with van der Waals surface area (Å²) in [5.41, 5.74) is 0.638. The average molecular weight is 361 g/mol. The first-order chi connectivity index (χ1) is 12.4. The largest absolute Gasteiger partial charge is 0.357 e. The second-order valence-corrected chi connectivity index (χ2v) is 6.65. The molecule has 142 valence electrons. The van der Waals surface area contributed by atoms with Crippen LogP contribution in [0, 0.1) is 16.0 Å². The number of amides is 1. The van der Waals surface area contributed by atoms with Gasteiger partial charge in [0.2, 0.25) is 5.91 Å². The maximum absolute atomic E-state index is 12.1. The molecule has 1 saturated heterocycles. The molecule has 0 radical (unpaired) electrons. The third-order valence-electron chi connectivity index (χ3n) is 4.27. The van der Waals surface area contributed by atoms with Crippen molar-refractivity contribution in [3.63, 3.8) is 0 Å². The van der Waals surface area contributed by atoms with Gasteiger partial charge in [0, 0.05) is 37.7 Å². The number of carbonyl (C=O) groups is 1. The van der Waals surface area contributed by atoms with Crippen LogP contribution in [0.1, 0.15) is 32.8 Å². The van der Waals surface area contributed by atoms with Gasteiger partial charge in [-0.05, 0) is 13.3 Å². The van der Waals surface area contributed by atoms with E-state index < -0.39 is 4.92 Å². The lowest BCUT2D eigenvalue weighted by Crippen LogP contribution is -2.45. The summed E-state index contributed by atoms with van der Waals surface area (Å²) in [7, 11) is 0. The standard InChI is InChI=1S/C18H27N5O3/c1-4-19-18(20-11-14-7-5-6-8-16(14)23(25)26)21-15-9-10-22(12-15)17(24)13(2)3/h5-8,13,15H,4,9-12H2,1-3H3,(H2,19,20,21). The number of nitrogens with one attached hydrogen (secondary N) is 2. The normalized spacial score (nSPS) is 17.5. The first-order valence-corrected chi connectivity index (χ1v) is 8.98. The summed E-state index contributed by atoms with van der Waals surface area (Å²) < 4.78 is 0.